The van der Waals surface area contributed by atoms with Gasteiger partial charge in [0.1, 0.15) is 0 Å². The summed E-state index contributed by atoms with van der Waals surface area (Å²) < 4.78 is 0.694. The molecule has 0 heterocycles. The highest BCUT2D eigenvalue weighted by molar-refractivity contribution is 9.10. The molecule has 0 spiro atoms. The molecule has 0 bridgehead atoms. The Morgan fingerprint density at radius 3 is 2.42 bits per heavy atom. The van der Waals surface area contributed by atoms with Crippen LogP contribution in [0.1, 0.15) is 15.9 Å². The predicted octanol–water partition coefficient (Wildman–Crippen LogP) is 5.09. The highest BCUT2D eigenvalue weighted by atomic mass is 79.9. The maximum atomic E-state index is 12.0. The predicted molar refractivity (Wildman–Crippen MR) is 83.1 cm³/mol. The van der Waals surface area contributed by atoms with Gasteiger partial charge in [0.25, 0.3) is 5.91 Å². The number of carbonyl (C=O) groups is 1. The van der Waals surface area contributed by atoms with E-state index in [4.69, 9.17) is 23.2 Å². The van der Waals surface area contributed by atoms with Crippen LogP contribution in [-0.4, -0.2) is 5.91 Å². The van der Waals surface area contributed by atoms with Crippen molar-refractivity contribution in [2.24, 2.45) is 0 Å². The number of halogens is 3. The third kappa shape index (κ3) is 3.72. The molecule has 0 fully saturated rings. The Bertz CT molecular complexity index is 599. The Labute approximate surface area is 129 Å². The second-order valence-corrected chi connectivity index (χ2v) is 5.44. The summed E-state index contributed by atoms with van der Waals surface area (Å²) in [5.41, 5.74) is 2.27. The Kier molecular flexibility index (Phi) is 4.86. The van der Waals surface area contributed by atoms with Gasteiger partial charge in [0.2, 0.25) is 0 Å². The zero-order valence-corrected chi connectivity index (χ0v) is 12.9. The topological polar surface area (TPSA) is 29.1 Å². The second kappa shape index (κ2) is 6.42. The lowest BCUT2D eigenvalue weighted by Crippen LogP contribution is -2.11. The molecule has 0 saturated heterocycles. The van der Waals surface area contributed by atoms with Crippen molar-refractivity contribution in [2.45, 2.75) is 5.88 Å². The van der Waals surface area contributed by atoms with E-state index in [1.165, 1.54) is 0 Å². The van der Waals surface area contributed by atoms with Crippen LogP contribution in [0.3, 0.4) is 0 Å². The molecule has 0 saturated carbocycles. The van der Waals surface area contributed by atoms with Crippen LogP contribution in [0, 0.1) is 0 Å². The minimum Gasteiger partial charge on any atom is -0.322 e. The number of amides is 1. The van der Waals surface area contributed by atoms with Gasteiger partial charge in [-0.05, 0) is 51.8 Å². The maximum absolute atomic E-state index is 12.0. The van der Waals surface area contributed by atoms with Crippen molar-refractivity contribution in [3.8, 4) is 0 Å². The van der Waals surface area contributed by atoms with Crippen LogP contribution in [0.15, 0.2) is 46.9 Å². The molecule has 1 N–H and O–H groups in total. The van der Waals surface area contributed by atoms with E-state index in [0.717, 1.165) is 11.3 Å². The average Bonchev–Trinajstić information content (AvgIpc) is 2.42. The van der Waals surface area contributed by atoms with Crippen molar-refractivity contribution < 1.29 is 4.79 Å². The smallest absolute Gasteiger partial charge is 0.255 e. The standard InChI is InChI=1S/C14H10BrCl2NO/c15-12-7-10(3-6-13(12)17)14(19)18-11-4-1-9(8-16)2-5-11/h1-7H,8H2,(H,18,19). The molecule has 0 radical (unpaired) electrons. The van der Waals surface area contributed by atoms with Crippen LogP contribution < -0.4 is 5.32 Å². The van der Waals surface area contributed by atoms with Crippen molar-refractivity contribution in [2.75, 3.05) is 5.32 Å². The summed E-state index contributed by atoms with van der Waals surface area (Å²) in [4.78, 5) is 12.0. The summed E-state index contributed by atoms with van der Waals surface area (Å²) in [5.74, 6) is 0.272. The zero-order chi connectivity index (χ0) is 13.8. The van der Waals surface area contributed by atoms with Gasteiger partial charge in [-0.25, -0.2) is 0 Å². The zero-order valence-electron chi connectivity index (χ0n) is 9.79. The fourth-order valence-corrected chi connectivity index (χ4v) is 2.19. The molecular weight excluding hydrogens is 349 g/mol. The van der Waals surface area contributed by atoms with E-state index < -0.39 is 0 Å². The molecule has 0 aromatic heterocycles. The van der Waals surface area contributed by atoms with Gasteiger partial charge in [-0.1, -0.05) is 23.7 Å². The van der Waals surface area contributed by atoms with Gasteiger partial charge >= 0.3 is 0 Å². The molecule has 0 aliphatic heterocycles. The molecule has 19 heavy (non-hydrogen) atoms. The summed E-state index contributed by atoms with van der Waals surface area (Å²) in [7, 11) is 0. The minimum absolute atomic E-state index is 0.184. The second-order valence-electron chi connectivity index (χ2n) is 3.91. The van der Waals surface area contributed by atoms with Crippen molar-refractivity contribution in [3.05, 3.63) is 63.1 Å². The van der Waals surface area contributed by atoms with Gasteiger partial charge in [-0.2, -0.15) is 0 Å². The lowest BCUT2D eigenvalue weighted by Gasteiger charge is -2.06. The van der Waals surface area contributed by atoms with Crippen LogP contribution in [0.2, 0.25) is 5.02 Å². The van der Waals surface area contributed by atoms with Crippen molar-refractivity contribution >= 4 is 50.7 Å². The van der Waals surface area contributed by atoms with Gasteiger partial charge in [-0.3, -0.25) is 4.79 Å². The number of rotatable bonds is 3. The lowest BCUT2D eigenvalue weighted by atomic mass is 10.2. The molecule has 2 nitrogen and oxygen atoms in total. The molecule has 5 heteroatoms. The van der Waals surface area contributed by atoms with Crippen molar-refractivity contribution in [1.82, 2.24) is 0 Å². The summed E-state index contributed by atoms with van der Waals surface area (Å²) in [6.45, 7) is 0. The van der Waals surface area contributed by atoms with E-state index in [-0.39, 0.29) is 5.91 Å². The van der Waals surface area contributed by atoms with Crippen LogP contribution in [0.5, 0.6) is 0 Å². The van der Waals surface area contributed by atoms with Crippen molar-refractivity contribution in [1.29, 1.82) is 0 Å². The Morgan fingerprint density at radius 2 is 1.84 bits per heavy atom. The highest BCUT2D eigenvalue weighted by Crippen LogP contribution is 2.23. The molecule has 1 amide bonds. The quantitative estimate of drug-likeness (QED) is 0.760. The summed E-state index contributed by atoms with van der Waals surface area (Å²) in [6.07, 6.45) is 0. The van der Waals surface area contributed by atoms with Crippen LogP contribution in [-0.2, 0) is 5.88 Å². The number of benzene rings is 2. The van der Waals surface area contributed by atoms with Gasteiger partial charge < -0.3 is 5.32 Å². The average molecular weight is 359 g/mol. The normalized spacial score (nSPS) is 10.3. The van der Waals surface area contributed by atoms with E-state index in [9.17, 15) is 4.79 Å². The Hall–Kier alpha value is -1.03. The molecular formula is C14H10BrCl2NO. The number of nitrogens with one attached hydrogen (secondary N) is 1. The fourth-order valence-electron chi connectivity index (χ4n) is 1.52. The first-order valence-corrected chi connectivity index (χ1v) is 7.22. The van der Waals surface area contributed by atoms with Crippen LogP contribution in [0.4, 0.5) is 5.69 Å². The van der Waals surface area contributed by atoms with E-state index in [2.05, 4.69) is 21.2 Å². The molecule has 2 aromatic carbocycles. The third-order valence-electron chi connectivity index (χ3n) is 2.55. The Morgan fingerprint density at radius 1 is 1.16 bits per heavy atom. The number of carbonyl (C=O) groups excluding carboxylic acids is 1. The molecule has 0 aliphatic rings. The monoisotopic (exact) mass is 357 g/mol. The van der Waals surface area contributed by atoms with E-state index in [1.54, 1.807) is 18.2 Å². The molecule has 2 aromatic rings. The number of hydrogen-bond acceptors (Lipinski definition) is 1. The van der Waals surface area contributed by atoms with Crippen molar-refractivity contribution in [3.63, 3.8) is 0 Å². The molecule has 0 atom stereocenters. The minimum atomic E-state index is -0.184. The summed E-state index contributed by atoms with van der Waals surface area (Å²) >= 11 is 14.9. The fraction of sp³-hybridized carbons (Fsp3) is 0.0714. The summed E-state index contributed by atoms with van der Waals surface area (Å²) in [6, 6.07) is 12.4. The lowest BCUT2D eigenvalue weighted by molar-refractivity contribution is 0.102. The third-order valence-corrected chi connectivity index (χ3v) is 4.07. The van der Waals surface area contributed by atoms with Gasteiger partial charge in [0.05, 0.1) is 5.02 Å². The maximum Gasteiger partial charge on any atom is 0.255 e. The first-order valence-electron chi connectivity index (χ1n) is 5.51. The van der Waals surface area contributed by atoms with E-state index in [1.807, 2.05) is 24.3 Å². The van der Waals surface area contributed by atoms with Crippen LogP contribution in [0.25, 0.3) is 0 Å². The number of hydrogen-bond donors (Lipinski definition) is 1. The SMILES string of the molecule is O=C(Nc1ccc(CCl)cc1)c1ccc(Cl)c(Br)c1. The van der Waals surface area contributed by atoms with Crippen LogP contribution >= 0.6 is 39.1 Å². The largest absolute Gasteiger partial charge is 0.322 e. The number of alkyl halides is 1. The first kappa shape index (κ1) is 14.4. The first-order chi connectivity index (χ1) is 9.10. The number of anilines is 1. The summed E-state index contributed by atoms with van der Waals surface area (Å²) in [5, 5.41) is 3.38. The Balaban J connectivity index is 2.13. The van der Waals surface area contributed by atoms with E-state index in [0.29, 0.717) is 20.9 Å². The van der Waals surface area contributed by atoms with Gasteiger partial charge in [0.15, 0.2) is 0 Å². The molecule has 0 unspecified atom stereocenters. The van der Waals surface area contributed by atoms with Gasteiger partial charge in [-0.15, -0.1) is 11.6 Å². The van der Waals surface area contributed by atoms with Gasteiger partial charge in [0, 0.05) is 21.6 Å². The highest BCUT2D eigenvalue weighted by Gasteiger charge is 2.08. The molecule has 0 aliphatic carbocycles. The van der Waals surface area contributed by atoms with E-state index >= 15 is 0 Å². The molecule has 2 rings (SSSR count). The molecule has 98 valence electrons.